The molecule has 228 valence electrons. The summed E-state index contributed by atoms with van der Waals surface area (Å²) >= 11 is 0. The number of aliphatic imine (C=N–C) groups is 2. The fraction of sp³-hybridized carbons (Fsp3) is 0.682. The smallest absolute Gasteiger partial charge is 0.326 e. The largest absolute Gasteiger partial charge is 0.480 e. The number of guanidine groups is 2. The highest BCUT2D eigenvalue weighted by Gasteiger charge is 2.30. The lowest BCUT2D eigenvalue weighted by molar-refractivity contribution is -0.142. The lowest BCUT2D eigenvalue weighted by Crippen LogP contribution is -2.57. The first kappa shape index (κ1) is 35.8. The maximum absolute atomic E-state index is 13.0. The Morgan fingerprint density at radius 3 is 1.62 bits per heavy atom. The third-order valence-electron chi connectivity index (χ3n) is 5.48. The molecule has 0 radical (unpaired) electrons. The molecule has 0 aliphatic rings. The van der Waals surface area contributed by atoms with E-state index in [1.165, 1.54) is 0 Å². The summed E-state index contributed by atoms with van der Waals surface area (Å²) in [6.07, 6.45) is 1.31. The van der Waals surface area contributed by atoms with Crippen molar-refractivity contribution < 1.29 is 29.1 Å². The van der Waals surface area contributed by atoms with Gasteiger partial charge in [0.15, 0.2) is 11.9 Å². The number of carboxylic acids is 1. The van der Waals surface area contributed by atoms with E-state index in [0.29, 0.717) is 25.8 Å². The number of nitrogens with two attached hydrogens (primary N) is 7. The van der Waals surface area contributed by atoms with E-state index in [2.05, 4.69) is 25.9 Å². The molecule has 0 aromatic carbocycles. The molecule has 18 nitrogen and oxygen atoms in total. The number of unbranched alkanes of at least 4 members (excludes halogenated alkanes) is 1. The molecule has 0 saturated carbocycles. The van der Waals surface area contributed by atoms with Gasteiger partial charge in [0, 0.05) is 13.1 Å². The van der Waals surface area contributed by atoms with Crippen molar-refractivity contribution in [3.05, 3.63) is 0 Å². The van der Waals surface area contributed by atoms with Crippen LogP contribution in [0.15, 0.2) is 9.98 Å². The third kappa shape index (κ3) is 16.6. The van der Waals surface area contributed by atoms with E-state index in [1.54, 1.807) is 0 Å². The molecule has 0 aliphatic carbocycles. The molecular formula is C22H44N12O6. The highest BCUT2D eigenvalue weighted by molar-refractivity contribution is 5.96. The number of carbonyl (C=O) groups excluding carboxylic acids is 4. The second kappa shape index (κ2) is 19.8. The van der Waals surface area contributed by atoms with Crippen LogP contribution in [-0.4, -0.2) is 90.4 Å². The number of amides is 4. The number of rotatable bonds is 21. The van der Waals surface area contributed by atoms with Gasteiger partial charge in [-0.3, -0.25) is 29.2 Å². The molecule has 0 saturated heterocycles. The van der Waals surface area contributed by atoms with Gasteiger partial charge in [-0.1, -0.05) is 0 Å². The van der Waals surface area contributed by atoms with E-state index in [-0.39, 0.29) is 50.7 Å². The van der Waals surface area contributed by atoms with E-state index in [0.717, 1.165) is 0 Å². The van der Waals surface area contributed by atoms with Crippen LogP contribution < -0.4 is 56.1 Å². The lowest BCUT2D eigenvalue weighted by Gasteiger charge is -2.25. The van der Waals surface area contributed by atoms with Gasteiger partial charge in [0.1, 0.15) is 18.1 Å². The average Bonchev–Trinajstić information content (AvgIpc) is 2.86. The van der Waals surface area contributed by atoms with Crippen LogP contribution >= 0.6 is 0 Å². The molecule has 40 heavy (non-hydrogen) atoms. The Labute approximate surface area is 232 Å². The molecule has 0 fully saturated rings. The van der Waals surface area contributed by atoms with Crippen molar-refractivity contribution >= 4 is 41.5 Å². The standard InChI is InChI=1S/C22H44N12O6/c23-8-2-1-6-13(18(37)33-14(20(39)40)7-4-10-31-22(28)29)32-19(38)15(11-16(25)35)34-17(36)12(24)5-3-9-30-21(26)27/h12-15H,1-11,23-24H2,(H2,25,35)(H,32,38)(H,33,37)(H,34,36)(H,39,40)(H4,26,27,30)(H4,28,29,31). The zero-order chi connectivity index (χ0) is 30.7. The monoisotopic (exact) mass is 572 g/mol. The van der Waals surface area contributed by atoms with Gasteiger partial charge in [0.25, 0.3) is 0 Å². The van der Waals surface area contributed by atoms with Crippen LogP contribution in [0, 0.1) is 0 Å². The summed E-state index contributed by atoms with van der Waals surface area (Å²) in [6.45, 7) is 0.718. The quantitative estimate of drug-likeness (QED) is 0.0349. The zero-order valence-corrected chi connectivity index (χ0v) is 22.5. The maximum atomic E-state index is 13.0. The van der Waals surface area contributed by atoms with Crippen LogP contribution in [0.5, 0.6) is 0 Å². The first-order valence-electron chi connectivity index (χ1n) is 12.8. The molecule has 4 atom stereocenters. The van der Waals surface area contributed by atoms with Crippen molar-refractivity contribution in [2.75, 3.05) is 19.6 Å². The fourth-order valence-electron chi connectivity index (χ4n) is 3.41. The number of carbonyl (C=O) groups is 5. The molecule has 4 amide bonds. The fourth-order valence-corrected chi connectivity index (χ4v) is 3.41. The second-order valence-corrected chi connectivity index (χ2v) is 8.98. The minimum Gasteiger partial charge on any atom is -0.480 e. The summed E-state index contributed by atoms with van der Waals surface area (Å²) < 4.78 is 0. The Hall–Kier alpha value is -4.19. The molecule has 4 unspecified atom stereocenters. The number of nitrogens with one attached hydrogen (secondary N) is 3. The van der Waals surface area contributed by atoms with Gasteiger partial charge in [-0.25, -0.2) is 4.79 Å². The van der Waals surface area contributed by atoms with Gasteiger partial charge in [0.2, 0.25) is 23.6 Å². The summed E-state index contributed by atoms with van der Waals surface area (Å²) in [5, 5.41) is 16.7. The Bertz CT molecular complexity index is 905. The molecule has 0 heterocycles. The number of hydrogen-bond donors (Lipinski definition) is 11. The van der Waals surface area contributed by atoms with Gasteiger partial charge < -0.3 is 61.2 Å². The molecular weight excluding hydrogens is 528 g/mol. The average molecular weight is 573 g/mol. The Morgan fingerprint density at radius 1 is 0.650 bits per heavy atom. The molecule has 0 aromatic heterocycles. The molecule has 0 aliphatic heterocycles. The normalized spacial score (nSPS) is 13.6. The van der Waals surface area contributed by atoms with Gasteiger partial charge in [-0.15, -0.1) is 0 Å². The minimum atomic E-state index is -1.44. The van der Waals surface area contributed by atoms with Crippen molar-refractivity contribution in [2.24, 2.45) is 50.1 Å². The Morgan fingerprint density at radius 2 is 1.12 bits per heavy atom. The number of primary amides is 1. The first-order chi connectivity index (χ1) is 18.8. The molecule has 0 aromatic rings. The van der Waals surface area contributed by atoms with E-state index in [4.69, 9.17) is 40.1 Å². The van der Waals surface area contributed by atoms with Crippen molar-refractivity contribution in [3.8, 4) is 0 Å². The van der Waals surface area contributed by atoms with Crippen LogP contribution in [0.2, 0.25) is 0 Å². The molecule has 18 heteroatoms. The molecule has 0 rings (SSSR count). The molecule has 0 spiro atoms. The van der Waals surface area contributed by atoms with Crippen molar-refractivity contribution in [3.63, 3.8) is 0 Å². The van der Waals surface area contributed by atoms with E-state index < -0.39 is 60.2 Å². The summed E-state index contributed by atoms with van der Waals surface area (Å²) in [7, 11) is 0. The highest BCUT2D eigenvalue weighted by atomic mass is 16.4. The highest BCUT2D eigenvalue weighted by Crippen LogP contribution is 2.06. The van der Waals surface area contributed by atoms with Crippen molar-refractivity contribution in [2.45, 2.75) is 75.5 Å². The summed E-state index contributed by atoms with van der Waals surface area (Å²) in [6, 6.07) is -4.96. The molecule has 0 bridgehead atoms. The second-order valence-electron chi connectivity index (χ2n) is 8.98. The number of hydrogen-bond acceptors (Lipinski definition) is 9. The van der Waals surface area contributed by atoms with Crippen LogP contribution in [0.3, 0.4) is 0 Å². The topological polar surface area (TPSA) is 349 Å². The Kier molecular flexibility index (Phi) is 17.7. The van der Waals surface area contributed by atoms with Crippen LogP contribution in [0.4, 0.5) is 0 Å². The Balaban J connectivity index is 5.47. The summed E-state index contributed by atoms with van der Waals surface area (Å²) in [5.74, 6) is -4.84. The van der Waals surface area contributed by atoms with Gasteiger partial charge >= 0.3 is 5.97 Å². The summed E-state index contributed by atoms with van der Waals surface area (Å²) in [5.41, 5.74) is 37.6. The van der Waals surface area contributed by atoms with Crippen LogP contribution in [0.25, 0.3) is 0 Å². The van der Waals surface area contributed by atoms with Gasteiger partial charge in [-0.05, 0) is 51.5 Å². The zero-order valence-electron chi connectivity index (χ0n) is 22.5. The van der Waals surface area contributed by atoms with Gasteiger partial charge in [-0.2, -0.15) is 0 Å². The number of aliphatic carboxylic acids is 1. The van der Waals surface area contributed by atoms with Crippen molar-refractivity contribution in [1.82, 2.24) is 16.0 Å². The van der Waals surface area contributed by atoms with Crippen LogP contribution in [-0.2, 0) is 24.0 Å². The lowest BCUT2D eigenvalue weighted by atomic mass is 10.0. The molecule has 18 N–H and O–H groups in total. The minimum absolute atomic E-state index is 0.0166. The SMILES string of the molecule is NCCCCC(NC(=O)C(CC(N)=O)NC(=O)C(N)CCCN=C(N)N)C(=O)NC(CCCN=C(N)N)C(=O)O. The number of carboxylic acid groups (broad SMARTS) is 1. The van der Waals surface area contributed by atoms with E-state index in [1.807, 2.05) is 0 Å². The van der Waals surface area contributed by atoms with Crippen molar-refractivity contribution in [1.29, 1.82) is 0 Å². The van der Waals surface area contributed by atoms with Crippen LogP contribution in [0.1, 0.15) is 51.4 Å². The predicted molar refractivity (Wildman–Crippen MR) is 148 cm³/mol. The van der Waals surface area contributed by atoms with E-state index >= 15 is 0 Å². The first-order valence-corrected chi connectivity index (χ1v) is 12.8. The number of nitrogens with zero attached hydrogens (tertiary/aromatic N) is 2. The van der Waals surface area contributed by atoms with Gasteiger partial charge in [0.05, 0.1) is 12.5 Å². The predicted octanol–water partition coefficient (Wildman–Crippen LogP) is -5.04. The maximum Gasteiger partial charge on any atom is 0.326 e. The van der Waals surface area contributed by atoms with E-state index in [9.17, 15) is 29.1 Å². The third-order valence-corrected chi connectivity index (χ3v) is 5.48. The summed E-state index contributed by atoms with van der Waals surface area (Å²) in [4.78, 5) is 69.4.